The van der Waals surface area contributed by atoms with E-state index in [1.54, 1.807) is 0 Å². The van der Waals surface area contributed by atoms with Crippen LogP contribution >= 0.6 is 0 Å². The third-order valence-corrected chi connectivity index (χ3v) is 5.41. The summed E-state index contributed by atoms with van der Waals surface area (Å²) in [4.78, 5) is 2.66. The Hall–Kier alpha value is -0.120. The average molecular weight is 254 g/mol. The number of ether oxygens (including phenoxy) is 1. The Morgan fingerprint density at radius 3 is 2.78 bits per heavy atom. The van der Waals surface area contributed by atoms with Gasteiger partial charge in [0.05, 0.1) is 6.10 Å². The minimum Gasteiger partial charge on any atom is -0.377 e. The van der Waals surface area contributed by atoms with Gasteiger partial charge in [0.25, 0.3) is 0 Å². The standard InChI is InChI=1S/C15H30N2O/c1-12-6-4-7-15(11-16,14(12)3)17-8-5-9-18-13(2)10-17/h12-14H,4-11,16H2,1-3H3. The monoisotopic (exact) mass is 254 g/mol. The molecule has 106 valence electrons. The largest absolute Gasteiger partial charge is 0.377 e. The van der Waals surface area contributed by atoms with Crippen molar-refractivity contribution in [2.75, 3.05) is 26.2 Å². The second-order valence-corrected chi connectivity index (χ2v) is 6.45. The molecule has 1 aliphatic carbocycles. The zero-order valence-corrected chi connectivity index (χ0v) is 12.3. The van der Waals surface area contributed by atoms with Crippen LogP contribution in [0.4, 0.5) is 0 Å². The van der Waals surface area contributed by atoms with Gasteiger partial charge in [0.2, 0.25) is 0 Å². The molecule has 0 aromatic carbocycles. The molecule has 2 rings (SSSR count). The molecule has 1 saturated carbocycles. The first kappa shape index (κ1) is 14.3. The fourth-order valence-electron chi connectivity index (χ4n) is 4.00. The summed E-state index contributed by atoms with van der Waals surface area (Å²) in [5, 5.41) is 0. The zero-order valence-electron chi connectivity index (χ0n) is 12.3. The van der Waals surface area contributed by atoms with Crippen LogP contribution in [0.15, 0.2) is 0 Å². The van der Waals surface area contributed by atoms with E-state index in [1.807, 2.05) is 0 Å². The van der Waals surface area contributed by atoms with Crippen LogP contribution in [0.1, 0.15) is 46.5 Å². The maximum Gasteiger partial charge on any atom is 0.0674 e. The second kappa shape index (κ2) is 5.89. The molecular weight excluding hydrogens is 224 g/mol. The van der Waals surface area contributed by atoms with E-state index >= 15 is 0 Å². The van der Waals surface area contributed by atoms with Gasteiger partial charge >= 0.3 is 0 Å². The quantitative estimate of drug-likeness (QED) is 0.821. The number of hydrogen-bond acceptors (Lipinski definition) is 3. The van der Waals surface area contributed by atoms with Gasteiger partial charge in [-0.1, -0.05) is 26.7 Å². The molecule has 18 heavy (non-hydrogen) atoms. The van der Waals surface area contributed by atoms with Crippen molar-refractivity contribution in [2.45, 2.75) is 58.1 Å². The van der Waals surface area contributed by atoms with Crippen LogP contribution in [0.2, 0.25) is 0 Å². The van der Waals surface area contributed by atoms with Gasteiger partial charge in [0.15, 0.2) is 0 Å². The molecule has 0 bridgehead atoms. The lowest BCUT2D eigenvalue weighted by atomic mass is 9.67. The van der Waals surface area contributed by atoms with E-state index in [4.69, 9.17) is 10.5 Å². The lowest BCUT2D eigenvalue weighted by Gasteiger charge is -2.52. The van der Waals surface area contributed by atoms with Crippen molar-refractivity contribution in [1.29, 1.82) is 0 Å². The van der Waals surface area contributed by atoms with E-state index in [2.05, 4.69) is 25.7 Å². The van der Waals surface area contributed by atoms with Gasteiger partial charge < -0.3 is 10.5 Å². The van der Waals surface area contributed by atoms with Crippen LogP contribution in [-0.2, 0) is 4.74 Å². The summed E-state index contributed by atoms with van der Waals surface area (Å²) >= 11 is 0. The van der Waals surface area contributed by atoms with Crippen LogP contribution in [0.25, 0.3) is 0 Å². The Morgan fingerprint density at radius 2 is 2.06 bits per heavy atom. The molecule has 0 radical (unpaired) electrons. The highest BCUT2D eigenvalue weighted by molar-refractivity contribution is 5.01. The molecule has 0 spiro atoms. The predicted octanol–water partition coefficient (Wildman–Crippen LogP) is 2.25. The molecule has 3 nitrogen and oxygen atoms in total. The van der Waals surface area contributed by atoms with Crippen molar-refractivity contribution in [3.63, 3.8) is 0 Å². The fraction of sp³-hybridized carbons (Fsp3) is 1.00. The van der Waals surface area contributed by atoms with Crippen LogP contribution in [0.5, 0.6) is 0 Å². The molecule has 4 unspecified atom stereocenters. The molecule has 2 fully saturated rings. The summed E-state index contributed by atoms with van der Waals surface area (Å²) < 4.78 is 5.79. The van der Waals surface area contributed by atoms with E-state index in [0.717, 1.165) is 38.6 Å². The predicted molar refractivity (Wildman–Crippen MR) is 75.6 cm³/mol. The van der Waals surface area contributed by atoms with Gasteiger partial charge in [0.1, 0.15) is 0 Å². The minimum atomic E-state index is 0.222. The Morgan fingerprint density at radius 1 is 1.28 bits per heavy atom. The fourth-order valence-corrected chi connectivity index (χ4v) is 4.00. The molecule has 1 aliphatic heterocycles. The number of rotatable bonds is 2. The van der Waals surface area contributed by atoms with Crippen molar-refractivity contribution >= 4 is 0 Å². The Balaban J connectivity index is 2.18. The van der Waals surface area contributed by atoms with E-state index in [0.29, 0.717) is 12.0 Å². The molecule has 0 aromatic rings. The van der Waals surface area contributed by atoms with E-state index < -0.39 is 0 Å². The minimum absolute atomic E-state index is 0.222. The lowest BCUT2D eigenvalue weighted by Crippen LogP contribution is -2.62. The van der Waals surface area contributed by atoms with Crippen LogP contribution in [-0.4, -0.2) is 42.8 Å². The summed E-state index contributed by atoms with van der Waals surface area (Å²) in [7, 11) is 0. The summed E-state index contributed by atoms with van der Waals surface area (Å²) in [5.41, 5.74) is 6.46. The van der Waals surface area contributed by atoms with Crippen LogP contribution in [0, 0.1) is 11.8 Å². The zero-order chi connectivity index (χ0) is 13.2. The lowest BCUT2D eigenvalue weighted by molar-refractivity contribution is -0.0249. The SMILES string of the molecule is CC1CN(C2(CN)CCCC(C)C2C)CCCO1. The van der Waals surface area contributed by atoms with Crippen LogP contribution < -0.4 is 5.73 Å². The first-order chi connectivity index (χ1) is 8.60. The molecule has 3 heteroatoms. The van der Waals surface area contributed by atoms with Gasteiger partial charge in [-0.25, -0.2) is 0 Å². The molecular formula is C15H30N2O. The highest BCUT2D eigenvalue weighted by Crippen LogP contribution is 2.41. The highest BCUT2D eigenvalue weighted by Gasteiger charge is 2.45. The average Bonchev–Trinajstić information content (AvgIpc) is 2.58. The van der Waals surface area contributed by atoms with Gasteiger partial charge in [-0.2, -0.15) is 0 Å². The Kier molecular flexibility index (Phi) is 4.68. The topological polar surface area (TPSA) is 38.5 Å². The van der Waals surface area contributed by atoms with E-state index in [-0.39, 0.29) is 5.54 Å². The molecule has 4 atom stereocenters. The summed E-state index contributed by atoms with van der Waals surface area (Å²) in [6.07, 6.45) is 5.45. The van der Waals surface area contributed by atoms with Gasteiger partial charge in [-0.05, 0) is 31.6 Å². The maximum atomic E-state index is 6.24. The maximum absolute atomic E-state index is 6.24. The van der Waals surface area contributed by atoms with Gasteiger partial charge in [-0.15, -0.1) is 0 Å². The van der Waals surface area contributed by atoms with Gasteiger partial charge in [0, 0.05) is 31.8 Å². The smallest absolute Gasteiger partial charge is 0.0674 e. The van der Waals surface area contributed by atoms with Crippen LogP contribution in [0.3, 0.4) is 0 Å². The second-order valence-electron chi connectivity index (χ2n) is 6.45. The summed E-state index contributed by atoms with van der Waals surface area (Å²) in [6.45, 7) is 10.9. The number of hydrogen-bond donors (Lipinski definition) is 1. The Labute approximate surface area is 112 Å². The molecule has 1 heterocycles. The normalized spacial score (nSPS) is 43.7. The molecule has 1 saturated heterocycles. The van der Waals surface area contributed by atoms with Gasteiger partial charge in [-0.3, -0.25) is 4.90 Å². The van der Waals surface area contributed by atoms with Crippen molar-refractivity contribution < 1.29 is 4.74 Å². The summed E-state index contributed by atoms with van der Waals surface area (Å²) in [5.74, 6) is 1.49. The van der Waals surface area contributed by atoms with Crippen molar-refractivity contribution in [2.24, 2.45) is 17.6 Å². The third-order valence-electron chi connectivity index (χ3n) is 5.41. The van der Waals surface area contributed by atoms with Crippen molar-refractivity contribution in [3.8, 4) is 0 Å². The molecule has 0 aromatic heterocycles. The van der Waals surface area contributed by atoms with Crippen molar-refractivity contribution in [3.05, 3.63) is 0 Å². The van der Waals surface area contributed by atoms with E-state index in [9.17, 15) is 0 Å². The first-order valence-electron chi connectivity index (χ1n) is 7.67. The molecule has 2 N–H and O–H groups in total. The summed E-state index contributed by atoms with van der Waals surface area (Å²) in [6, 6.07) is 0. The van der Waals surface area contributed by atoms with Crippen molar-refractivity contribution in [1.82, 2.24) is 4.90 Å². The highest BCUT2D eigenvalue weighted by atomic mass is 16.5. The molecule has 2 aliphatic rings. The number of nitrogens with two attached hydrogens (primary N) is 1. The molecule has 0 amide bonds. The first-order valence-corrected chi connectivity index (χ1v) is 7.67. The third kappa shape index (κ3) is 2.59. The Bertz CT molecular complexity index is 271. The van der Waals surface area contributed by atoms with E-state index in [1.165, 1.54) is 19.3 Å². The number of nitrogens with zero attached hydrogens (tertiary/aromatic N) is 1.